The number of amides is 4. The molecule has 9 rings (SSSR count). The van der Waals surface area contributed by atoms with E-state index in [1.165, 1.54) is 20.6 Å². The fourth-order valence-corrected chi connectivity index (χ4v) is 11.2. The number of nitriles is 1. The van der Waals surface area contributed by atoms with Crippen molar-refractivity contribution >= 4 is 57.4 Å². The minimum absolute atomic E-state index is 0.0436. The standard InChI is InChI=1S/C52H65N11O6/c1-30(2)45(58-51(66)68-5)49(64)61-24-10-12-43(61)47-54-36-17-14-32(27-38(36)56-47)41-20-21-42(63(41)35-16-19-40(34(26-35)29-53)60-22-8-7-9-23-60)33-15-18-37-39(28-33)57-48(55-37)44-13-11-25-62(44)50(65)46(31(3)4)59-52(67)69-6/h14-19,26-28,30-31,41-46H,7-13,20-25H2,1-6H3,(H,54,56)(H,55,57)(H,58,66)(H,59,67)/t41-,42?,43+,44+,45+,46+/m1/s1. The van der Waals surface area contributed by atoms with Crippen LogP contribution in [0.15, 0.2) is 54.6 Å². The van der Waals surface area contributed by atoms with Gasteiger partial charge in [-0.2, -0.15) is 5.26 Å². The molecule has 0 saturated carbocycles. The summed E-state index contributed by atoms with van der Waals surface area (Å²) in [6.45, 7) is 10.6. The van der Waals surface area contributed by atoms with Crippen LogP contribution in [0.5, 0.6) is 0 Å². The molecular formula is C52H65N11O6. The minimum atomic E-state index is -0.726. The van der Waals surface area contributed by atoms with Crippen LogP contribution in [0.2, 0.25) is 0 Å². The largest absolute Gasteiger partial charge is 0.453 e. The molecule has 4 saturated heterocycles. The van der Waals surface area contributed by atoms with Gasteiger partial charge < -0.3 is 49.7 Å². The summed E-state index contributed by atoms with van der Waals surface area (Å²) in [5, 5.41) is 16.1. The molecule has 5 aromatic rings. The number of carbonyl (C=O) groups is 4. The van der Waals surface area contributed by atoms with Crippen molar-refractivity contribution in [2.45, 2.75) is 122 Å². The average molecular weight is 940 g/mol. The molecule has 6 heterocycles. The predicted molar refractivity (Wildman–Crippen MR) is 262 cm³/mol. The average Bonchev–Trinajstić information content (AvgIpc) is 4.23. The van der Waals surface area contributed by atoms with Gasteiger partial charge in [-0.25, -0.2) is 19.6 Å². The Labute approximate surface area is 403 Å². The monoisotopic (exact) mass is 940 g/mol. The van der Waals surface area contributed by atoms with Crippen LogP contribution in [0.4, 0.5) is 21.0 Å². The Kier molecular flexibility index (Phi) is 13.7. The van der Waals surface area contributed by atoms with E-state index in [0.717, 1.165) is 121 Å². The Hall–Kier alpha value is -6.83. The molecule has 364 valence electrons. The number of nitrogens with zero attached hydrogens (tertiary/aromatic N) is 7. The molecule has 0 radical (unpaired) electrons. The molecule has 3 aromatic carbocycles. The van der Waals surface area contributed by atoms with E-state index in [-0.39, 0.29) is 47.8 Å². The third-order valence-corrected chi connectivity index (χ3v) is 14.8. The number of aromatic amines is 2. The molecule has 4 aliphatic heterocycles. The van der Waals surface area contributed by atoms with Crippen LogP contribution >= 0.6 is 0 Å². The van der Waals surface area contributed by atoms with Crippen LogP contribution < -0.4 is 20.4 Å². The molecule has 17 heteroatoms. The van der Waals surface area contributed by atoms with Gasteiger partial charge in [0, 0.05) is 31.9 Å². The smallest absolute Gasteiger partial charge is 0.407 e. The Morgan fingerprint density at radius 2 is 1.13 bits per heavy atom. The number of benzene rings is 3. The fraction of sp³-hybridized carbons (Fsp3) is 0.519. The highest BCUT2D eigenvalue weighted by atomic mass is 16.5. The number of methoxy groups -OCH3 is 2. The molecule has 69 heavy (non-hydrogen) atoms. The highest BCUT2D eigenvalue weighted by molar-refractivity contribution is 5.88. The number of likely N-dealkylation sites (tertiary alicyclic amines) is 2. The second kappa shape index (κ2) is 20.0. The SMILES string of the molecule is COC(=O)N[C@H](C(=O)N1CCC[C@H]1c1nc2ccc(C3CC[C@H](c4ccc5nc([C@@H]6CCCN6C(=O)[C@@H](NC(=O)OC)C(C)C)[nH]c5c4)N3c3ccc(N4CCCCC4)c(C#N)c3)cc2[nH]1)C(C)C. The summed E-state index contributed by atoms with van der Waals surface area (Å²) in [5.41, 5.74) is 8.20. The quantitative estimate of drug-likeness (QED) is 0.0934. The zero-order valence-corrected chi connectivity index (χ0v) is 40.6. The molecule has 4 aliphatic rings. The summed E-state index contributed by atoms with van der Waals surface area (Å²) in [4.78, 5) is 78.0. The van der Waals surface area contributed by atoms with Crippen LogP contribution in [0.25, 0.3) is 22.1 Å². The fourth-order valence-electron chi connectivity index (χ4n) is 11.2. The van der Waals surface area contributed by atoms with Crippen molar-refractivity contribution in [1.29, 1.82) is 5.26 Å². The van der Waals surface area contributed by atoms with Crippen molar-refractivity contribution in [3.8, 4) is 6.07 Å². The van der Waals surface area contributed by atoms with Gasteiger partial charge in [0.15, 0.2) is 0 Å². The maximum absolute atomic E-state index is 13.9. The molecule has 6 atom stereocenters. The van der Waals surface area contributed by atoms with Crippen molar-refractivity contribution in [3.63, 3.8) is 0 Å². The van der Waals surface area contributed by atoms with Gasteiger partial charge in [-0.05, 0) is 123 Å². The van der Waals surface area contributed by atoms with E-state index < -0.39 is 24.3 Å². The lowest BCUT2D eigenvalue weighted by Crippen LogP contribution is -2.51. The van der Waals surface area contributed by atoms with Crippen molar-refractivity contribution in [1.82, 2.24) is 40.4 Å². The zero-order chi connectivity index (χ0) is 48.5. The topological polar surface area (TPSA) is 205 Å². The molecule has 0 aliphatic carbocycles. The number of fused-ring (bicyclic) bond motifs is 2. The predicted octanol–water partition coefficient (Wildman–Crippen LogP) is 8.47. The number of hydrogen-bond acceptors (Lipinski definition) is 11. The van der Waals surface area contributed by atoms with Gasteiger partial charge >= 0.3 is 12.2 Å². The molecule has 0 bridgehead atoms. The number of H-pyrrole nitrogens is 2. The highest BCUT2D eigenvalue weighted by Crippen LogP contribution is 2.49. The van der Waals surface area contributed by atoms with E-state index in [0.29, 0.717) is 18.7 Å². The lowest BCUT2D eigenvalue weighted by atomic mass is 10.0. The van der Waals surface area contributed by atoms with Crippen molar-refractivity contribution in [2.75, 3.05) is 50.2 Å². The summed E-state index contributed by atoms with van der Waals surface area (Å²) in [5.74, 6) is 0.855. The molecule has 4 fully saturated rings. The van der Waals surface area contributed by atoms with Crippen LogP contribution in [-0.2, 0) is 19.1 Å². The molecule has 17 nitrogen and oxygen atoms in total. The maximum atomic E-state index is 13.9. The van der Waals surface area contributed by atoms with Crippen LogP contribution in [-0.4, -0.2) is 106 Å². The Bertz CT molecular complexity index is 2610. The maximum Gasteiger partial charge on any atom is 0.407 e. The van der Waals surface area contributed by atoms with E-state index in [1.807, 2.05) is 37.5 Å². The number of alkyl carbamates (subject to hydrolysis) is 2. The van der Waals surface area contributed by atoms with E-state index in [1.54, 1.807) is 0 Å². The van der Waals surface area contributed by atoms with Crippen LogP contribution in [0.1, 0.15) is 138 Å². The molecule has 1 unspecified atom stereocenters. The van der Waals surface area contributed by atoms with Gasteiger partial charge in [0.1, 0.15) is 29.8 Å². The number of hydrogen-bond donors (Lipinski definition) is 4. The second-order valence-electron chi connectivity index (χ2n) is 19.8. The van der Waals surface area contributed by atoms with Crippen molar-refractivity contribution in [2.24, 2.45) is 11.8 Å². The second-order valence-corrected chi connectivity index (χ2v) is 19.8. The van der Waals surface area contributed by atoms with E-state index >= 15 is 0 Å². The molecule has 0 spiro atoms. The van der Waals surface area contributed by atoms with Gasteiger partial charge in [-0.1, -0.05) is 39.8 Å². The molecule has 4 amide bonds. The summed E-state index contributed by atoms with van der Waals surface area (Å²) in [6, 6.07) is 19.6. The van der Waals surface area contributed by atoms with E-state index in [9.17, 15) is 24.4 Å². The third-order valence-electron chi connectivity index (χ3n) is 14.8. The van der Waals surface area contributed by atoms with Gasteiger partial charge in [-0.3, -0.25) is 9.59 Å². The zero-order valence-electron chi connectivity index (χ0n) is 40.6. The summed E-state index contributed by atoms with van der Waals surface area (Å²) >= 11 is 0. The summed E-state index contributed by atoms with van der Waals surface area (Å²) < 4.78 is 9.68. The van der Waals surface area contributed by atoms with Gasteiger partial charge in [0.2, 0.25) is 11.8 Å². The number of carbonyl (C=O) groups excluding carboxylic acids is 4. The number of ether oxygens (including phenoxy) is 2. The first-order valence-electron chi connectivity index (χ1n) is 24.7. The first-order chi connectivity index (χ1) is 33.4. The first kappa shape index (κ1) is 47.2. The Morgan fingerprint density at radius 3 is 1.58 bits per heavy atom. The molecule has 2 aromatic heterocycles. The normalized spacial score (nSPS) is 21.6. The first-order valence-corrected chi connectivity index (χ1v) is 24.7. The number of nitrogens with one attached hydrogen (secondary N) is 4. The van der Waals surface area contributed by atoms with E-state index in [4.69, 9.17) is 19.4 Å². The van der Waals surface area contributed by atoms with Crippen molar-refractivity contribution in [3.05, 3.63) is 82.9 Å². The van der Waals surface area contributed by atoms with Crippen LogP contribution in [0, 0.1) is 23.2 Å². The minimum Gasteiger partial charge on any atom is -0.453 e. The number of imidazole rings is 2. The van der Waals surface area contributed by atoms with E-state index in [2.05, 4.69) is 91.1 Å². The van der Waals surface area contributed by atoms with Gasteiger partial charge in [0.05, 0.1) is 71.7 Å². The summed E-state index contributed by atoms with van der Waals surface area (Å²) in [6.07, 6.45) is 6.99. The number of aromatic nitrogens is 4. The third kappa shape index (κ3) is 9.37. The highest BCUT2D eigenvalue weighted by Gasteiger charge is 2.41. The number of rotatable bonds is 12. The number of piperidine rings is 1. The van der Waals surface area contributed by atoms with Crippen molar-refractivity contribution < 1.29 is 28.7 Å². The van der Waals surface area contributed by atoms with Gasteiger partial charge in [-0.15, -0.1) is 0 Å². The summed E-state index contributed by atoms with van der Waals surface area (Å²) in [7, 11) is 2.59. The Balaban J connectivity index is 1.03. The van der Waals surface area contributed by atoms with Gasteiger partial charge in [0.25, 0.3) is 0 Å². The lowest BCUT2D eigenvalue weighted by Gasteiger charge is -2.35. The van der Waals surface area contributed by atoms with Crippen LogP contribution in [0.3, 0.4) is 0 Å². The lowest BCUT2D eigenvalue weighted by molar-refractivity contribution is -0.136. The number of anilines is 2. The molecular weight excluding hydrogens is 875 g/mol. The Morgan fingerprint density at radius 1 is 0.638 bits per heavy atom. The molecule has 4 N–H and O–H groups in total.